The second-order valence-electron chi connectivity index (χ2n) is 6.82. The SMILES string of the molecule is COC(=O)c1cccc2c1CCCN2C(=O)CCNC(=O)c1cccc(C)c1. The maximum Gasteiger partial charge on any atom is 0.338 e. The van der Waals surface area contributed by atoms with Gasteiger partial charge in [-0.1, -0.05) is 23.8 Å². The molecular weight excluding hydrogens is 356 g/mol. The van der Waals surface area contributed by atoms with E-state index in [4.69, 9.17) is 4.74 Å². The summed E-state index contributed by atoms with van der Waals surface area (Å²) >= 11 is 0. The molecule has 146 valence electrons. The minimum atomic E-state index is -0.392. The number of rotatable bonds is 5. The monoisotopic (exact) mass is 380 g/mol. The molecule has 0 spiro atoms. The zero-order valence-electron chi connectivity index (χ0n) is 16.2. The van der Waals surface area contributed by atoms with E-state index < -0.39 is 5.97 Å². The van der Waals surface area contributed by atoms with Crippen molar-refractivity contribution in [3.8, 4) is 0 Å². The lowest BCUT2D eigenvalue weighted by molar-refractivity contribution is -0.118. The van der Waals surface area contributed by atoms with Gasteiger partial charge in [0, 0.05) is 30.8 Å². The fraction of sp³-hybridized carbons (Fsp3) is 0.318. The molecule has 0 unspecified atom stereocenters. The Morgan fingerprint density at radius 2 is 1.93 bits per heavy atom. The molecule has 1 aliphatic rings. The van der Waals surface area contributed by atoms with Crippen LogP contribution in [0.15, 0.2) is 42.5 Å². The van der Waals surface area contributed by atoms with Gasteiger partial charge in [0.05, 0.1) is 12.7 Å². The minimum absolute atomic E-state index is 0.0764. The summed E-state index contributed by atoms with van der Waals surface area (Å²) in [7, 11) is 1.35. The Morgan fingerprint density at radius 1 is 1.14 bits per heavy atom. The minimum Gasteiger partial charge on any atom is -0.465 e. The molecule has 1 N–H and O–H groups in total. The van der Waals surface area contributed by atoms with Gasteiger partial charge in [0.25, 0.3) is 5.91 Å². The maximum atomic E-state index is 12.7. The van der Waals surface area contributed by atoms with Crippen molar-refractivity contribution in [3.05, 3.63) is 64.7 Å². The predicted octanol–water partition coefficient (Wildman–Crippen LogP) is 2.88. The van der Waals surface area contributed by atoms with Gasteiger partial charge in [-0.15, -0.1) is 0 Å². The summed E-state index contributed by atoms with van der Waals surface area (Å²) in [5.74, 6) is -0.660. The Labute approximate surface area is 164 Å². The molecule has 0 fully saturated rings. The van der Waals surface area contributed by atoms with Gasteiger partial charge in [0.15, 0.2) is 0 Å². The van der Waals surface area contributed by atoms with E-state index in [0.29, 0.717) is 17.7 Å². The van der Waals surface area contributed by atoms with Crippen molar-refractivity contribution in [1.82, 2.24) is 5.32 Å². The molecule has 2 amide bonds. The van der Waals surface area contributed by atoms with E-state index in [1.165, 1.54) is 7.11 Å². The van der Waals surface area contributed by atoms with E-state index in [2.05, 4.69) is 5.32 Å². The number of benzene rings is 2. The highest BCUT2D eigenvalue weighted by molar-refractivity contribution is 5.99. The molecule has 0 radical (unpaired) electrons. The average Bonchev–Trinajstić information content (AvgIpc) is 2.72. The molecule has 0 aliphatic carbocycles. The summed E-state index contributed by atoms with van der Waals surface area (Å²) in [4.78, 5) is 38.7. The van der Waals surface area contributed by atoms with Crippen LogP contribution in [-0.4, -0.2) is 38.0 Å². The maximum absolute atomic E-state index is 12.7. The Bertz CT molecular complexity index is 907. The Kier molecular flexibility index (Phi) is 6.09. The smallest absolute Gasteiger partial charge is 0.338 e. The summed E-state index contributed by atoms with van der Waals surface area (Å²) in [6, 6.07) is 12.7. The number of anilines is 1. The summed E-state index contributed by atoms with van der Waals surface area (Å²) < 4.78 is 4.85. The molecule has 0 atom stereocenters. The fourth-order valence-electron chi connectivity index (χ4n) is 3.49. The zero-order valence-corrected chi connectivity index (χ0v) is 16.2. The van der Waals surface area contributed by atoms with Crippen molar-refractivity contribution in [2.75, 3.05) is 25.1 Å². The van der Waals surface area contributed by atoms with Gasteiger partial charge in [-0.25, -0.2) is 4.79 Å². The second-order valence-corrected chi connectivity index (χ2v) is 6.82. The lowest BCUT2D eigenvalue weighted by Crippen LogP contribution is -2.38. The predicted molar refractivity (Wildman–Crippen MR) is 107 cm³/mol. The molecule has 28 heavy (non-hydrogen) atoms. The standard InChI is InChI=1S/C22H24N2O4/c1-15-6-3-7-16(14-15)21(26)23-12-11-20(25)24-13-5-9-17-18(22(27)28-2)8-4-10-19(17)24/h3-4,6-8,10,14H,5,9,11-13H2,1-2H3,(H,23,26). The molecule has 1 heterocycles. The molecule has 0 saturated carbocycles. The summed E-state index contributed by atoms with van der Waals surface area (Å²) in [6.45, 7) is 2.78. The topological polar surface area (TPSA) is 75.7 Å². The molecule has 0 saturated heterocycles. The van der Waals surface area contributed by atoms with Gasteiger partial charge in [-0.05, 0) is 49.6 Å². The van der Waals surface area contributed by atoms with Crippen LogP contribution >= 0.6 is 0 Å². The van der Waals surface area contributed by atoms with Crippen LogP contribution in [0.3, 0.4) is 0 Å². The molecular formula is C22H24N2O4. The lowest BCUT2D eigenvalue weighted by Gasteiger charge is -2.30. The number of ether oxygens (including phenoxy) is 1. The van der Waals surface area contributed by atoms with E-state index in [9.17, 15) is 14.4 Å². The van der Waals surface area contributed by atoms with Crippen molar-refractivity contribution in [3.63, 3.8) is 0 Å². The van der Waals surface area contributed by atoms with E-state index in [-0.39, 0.29) is 24.8 Å². The lowest BCUT2D eigenvalue weighted by atomic mass is 9.96. The number of hydrogen-bond acceptors (Lipinski definition) is 4. The molecule has 6 nitrogen and oxygen atoms in total. The molecule has 6 heteroatoms. The van der Waals surface area contributed by atoms with E-state index in [0.717, 1.165) is 29.7 Å². The van der Waals surface area contributed by atoms with Crippen LogP contribution in [0.4, 0.5) is 5.69 Å². The Morgan fingerprint density at radius 3 is 2.68 bits per heavy atom. The van der Waals surface area contributed by atoms with Crippen LogP contribution in [0.25, 0.3) is 0 Å². The average molecular weight is 380 g/mol. The number of hydrogen-bond donors (Lipinski definition) is 1. The van der Waals surface area contributed by atoms with Crippen molar-refractivity contribution in [2.45, 2.75) is 26.2 Å². The van der Waals surface area contributed by atoms with Crippen molar-refractivity contribution >= 4 is 23.5 Å². The summed E-state index contributed by atoms with van der Waals surface area (Å²) in [5, 5.41) is 2.80. The molecule has 2 aromatic carbocycles. The van der Waals surface area contributed by atoms with Crippen LogP contribution in [0, 0.1) is 6.92 Å². The van der Waals surface area contributed by atoms with Crippen molar-refractivity contribution in [1.29, 1.82) is 0 Å². The van der Waals surface area contributed by atoms with Crippen LogP contribution in [0.2, 0.25) is 0 Å². The molecule has 0 aromatic heterocycles. The van der Waals surface area contributed by atoms with Gasteiger partial charge < -0.3 is 15.0 Å². The number of carbonyl (C=O) groups excluding carboxylic acids is 3. The zero-order chi connectivity index (χ0) is 20.1. The number of esters is 1. The third-order valence-corrected chi connectivity index (χ3v) is 4.86. The Balaban J connectivity index is 1.65. The third-order valence-electron chi connectivity index (χ3n) is 4.86. The summed E-state index contributed by atoms with van der Waals surface area (Å²) in [6.07, 6.45) is 1.70. The first-order valence-electron chi connectivity index (χ1n) is 9.36. The fourth-order valence-corrected chi connectivity index (χ4v) is 3.49. The van der Waals surface area contributed by atoms with Crippen molar-refractivity contribution in [2.24, 2.45) is 0 Å². The van der Waals surface area contributed by atoms with Crippen molar-refractivity contribution < 1.29 is 19.1 Å². The number of nitrogens with one attached hydrogen (secondary N) is 1. The number of carbonyl (C=O) groups is 3. The first-order chi connectivity index (χ1) is 13.5. The van der Waals surface area contributed by atoms with E-state index in [1.54, 1.807) is 23.1 Å². The molecule has 2 aromatic rings. The molecule has 0 bridgehead atoms. The van der Waals surface area contributed by atoms with Crippen LogP contribution < -0.4 is 10.2 Å². The Hall–Kier alpha value is -3.15. The van der Waals surface area contributed by atoms with Crippen LogP contribution in [0.5, 0.6) is 0 Å². The van der Waals surface area contributed by atoms with Gasteiger partial charge in [0.1, 0.15) is 0 Å². The highest BCUT2D eigenvalue weighted by Gasteiger charge is 2.26. The second kappa shape index (κ2) is 8.69. The van der Waals surface area contributed by atoms with Crippen LogP contribution in [-0.2, 0) is 16.0 Å². The summed E-state index contributed by atoms with van der Waals surface area (Å²) in [5.41, 5.74) is 3.70. The first-order valence-corrected chi connectivity index (χ1v) is 9.36. The first kappa shape index (κ1) is 19.6. The van der Waals surface area contributed by atoms with Gasteiger partial charge in [0.2, 0.25) is 5.91 Å². The van der Waals surface area contributed by atoms with E-state index >= 15 is 0 Å². The molecule has 1 aliphatic heterocycles. The quantitative estimate of drug-likeness (QED) is 0.810. The van der Waals surface area contributed by atoms with Gasteiger partial charge >= 0.3 is 5.97 Å². The highest BCUT2D eigenvalue weighted by atomic mass is 16.5. The number of aryl methyl sites for hydroxylation is 1. The molecule has 3 rings (SSSR count). The number of methoxy groups -OCH3 is 1. The van der Waals surface area contributed by atoms with E-state index in [1.807, 2.05) is 31.2 Å². The van der Waals surface area contributed by atoms with Gasteiger partial charge in [-0.2, -0.15) is 0 Å². The van der Waals surface area contributed by atoms with Gasteiger partial charge in [-0.3, -0.25) is 9.59 Å². The number of amides is 2. The number of nitrogens with zero attached hydrogens (tertiary/aromatic N) is 1. The van der Waals surface area contributed by atoms with Crippen LogP contribution in [0.1, 0.15) is 44.7 Å². The normalized spacial score (nSPS) is 12.9. The largest absolute Gasteiger partial charge is 0.465 e. The number of fused-ring (bicyclic) bond motifs is 1. The highest BCUT2D eigenvalue weighted by Crippen LogP contribution is 2.30. The third kappa shape index (κ3) is 4.22.